The Morgan fingerprint density at radius 3 is 2.38 bits per heavy atom. The molecule has 2 aliphatic rings. The van der Waals surface area contributed by atoms with Gasteiger partial charge in [-0.15, -0.1) is 23.2 Å². The third kappa shape index (κ3) is 5.04. The summed E-state index contributed by atoms with van der Waals surface area (Å²) in [6.07, 6.45) is 5.16. The van der Waals surface area contributed by atoms with E-state index in [0.29, 0.717) is 5.03 Å². The van der Waals surface area contributed by atoms with Crippen LogP contribution in [0.25, 0.3) is 0 Å². The van der Waals surface area contributed by atoms with Crippen molar-refractivity contribution in [3.63, 3.8) is 0 Å². The molecule has 1 saturated carbocycles. The highest BCUT2D eigenvalue weighted by atomic mass is 35.5. The van der Waals surface area contributed by atoms with E-state index in [0.717, 1.165) is 0 Å². The van der Waals surface area contributed by atoms with E-state index < -0.39 is 22.0 Å². The first-order valence-corrected chi connectivity index (χ1v) is 10.6. The van der Waals surface area contributed by atoms with E-state index in [4.69, 9.17) is 62.7 Å². The zero-order valence-electron chi connectivity index (χ0n) is 15.1. The summed E-state index contributed by atoms with van der Waals surface area (Å²) in [6.45, 7) is 2.11. The van der Waals surface area contributed by atoms with E-state index in [-0.39, 0.29) is 40.5 Å². The topological polar surface area (TPSA) is 67.4 Å². The van der Waals surface area contributed by atoms with E-state index in [1.807, 2.05) is 6.92 Å². The van der Waals surface area contributed by atoms with Gasteiger partial charge in [-0.25, -0.2) is 4.79 Å². The van der Waals surface area contributed by atoms with Crippen LogP contribution in [0, 0.1) is 11.8 Å². The van der Waals surface area contributed by atoms with Gasteiger partial charge < -0.3 is 10.1 Å². The molecule has 0 heterocycles. The minimum atomic E-state index is -1.26. The fourth-order valence-electron chi connectivity index (χ4n) is 3.06. The van der Waals surface area contributed by atoms with Crippen molar-refractivity contribution in [1.29, 1.82) is 0 Å². The van der Waals surface area contributed by atoms with Crippen LogP contribution < -0.4 is 10.6 Å². The van der Waals surface area contributed by atoms with Crippen LogP contribution in [0.3, 0.4) is 0 Å². The van der Waals surface area contributed by atoms with E-state index in [2.05, 4.69) is 10.6 Å². The van der Waals surface area contributed by atoms with Gasteiger partial charge in [0.2, 0.25) is 0 Å². The quantitative estimate of drug-likeness (QED) is 0.406. The van der Waals surface area contributed by atoms with Crippen molar-refractivity contribution in [3.8, 4) is 0 Å². The molecular formula is C19H17Cl5N2O3. The van der Waals surface area contributed by atoms with Gasteiger partial charge in [0.15, 0.2) is 5.72 Å². The first kappa shape index (κ1) is 22.7. The smallest absolute Gasteiger partial charge is 0.324 e. The van der Waals surface area contributed by atoms with Gasteiger partial charge in [0.25, 0.3) is 5.91 Å². The van der Waals surface area contributed by atoms with Crippen LogP contribution in [-0.2, 0) is 4.74 Å². The summed E-state index contributed by atoms with van der Waals surface area (Å²) >= 11 is 30.5. The molecule has 156 valence electrons. The van der Waals surface area contributed by atoms with E-state index >= 15 is 0 Å². The van der Waals surface area contributed by atoms with Crippen molar-refractivity contribution in [2.75, 3.05) is 6.61 Å². The fourth-order valence-corrected chi connectivity index (χ4v) is 4.58. The minimum absolute atomic E-state index is 0.000986. The fraction of sp³-hybridized carbons (Fsp3) is 0.368. The first-order chi connectivity index (χ1) is 13.6. The van der Waals surface area contributed by atoms with Crippen LogP contribution in [0.5, 0.6) is 0 Å². The highest BCUT2D eigenvalue weighted by molar-refractivity contribution is 6.51. The second kappa shape index (κ2) is 8.66. The largest absolute Gasteiger partial charge is 0.351 e. The number of allylic oxidation sites excluding steroid dienone is 2. The molecule has 5 nitrogen and oxygen atoms in total. The lowest BCUT2D eigenvalue weighted by atomic mass is 10.0. The van der Waals surface area contributed by atoms with Crippen LogP contribution in [0.15, 0.2) is 41.5 Å². The molecule has 3 amide bonds. The molecule has 0 aliphatic heterocycles. The maximum atomic E-state index is 12.5. The molecule has 3 rings (SSSR count). The maximum Gasteiger partial charge on any atom is 0.324 e. The summed E-state index contributed by atoms with van der Waals surface area (Å²) in [4.78, 5) is 25.0. The molecule has 1 aromatic rings. The summed E-state index contributed by atoms with van der Waals surface area (Å²) in [5.41, 5.74) is -1.26. The number of urea groups is 1. The van der Waals surface area contributed by atoms with E-state index in [1.54, 1.807) is 24.3 Å². The summed E-state index contributed by atoms with van der Waals surface area (Å²) in [5.74, 6) is -0.778. The van der Waals surface area contributed by atoms with Crippen molar-refractivity contribution >= 4 is 69.9 Å². The average Bonchev–Trinajstić information content (AvgIpc) is 3.09. The van der Waals surface area contributed by atoms with Gasteiger partial charge in [0, 0.05) is 17.4 Å². The molecule has 3 atom stereocenters. The number of rotatable bonds is 5. The number of ether oxygens (including phenoxy) is 1. The number of halogens is 5. The van der Waals surface area contributed by atoms with E-state index in [9.17, 15) is 9.59 Å². The lowest BCUT2D eigenvalue weighted by Crippen LogP contribution is -2.54. The van der Waals surface area contributed by atoms with Gasteiger partial charge in [0.1, 0.15) is 4.33 Å². The maximum absolute atomic E-state index is 12.5. The Labute approximate surface area is 193 Å². The lowest BCUT2D eigenvalue weighted by molar-refractivity contribution is -0.0308. The molecular weight excluding hydrogens is 481 g/mol. The molecule has 0 bridgehead atoms. The zero-order chi connectivity index (χ0) is 21.4. The normalized spacial score (nSPS) is 27.2. The number of carbonyl (C=O) groups is 2. The summed E-state index contributed by atoms with van der Waals surface area (Å²) < 4.78 is 5.10. The third-order valence-corrected chi connectivity index (χ3v) is 7.07. The lowest BCUT2D eigenvalue weighted by Gasteiger charge is -2.33. The van der Waals surface area contributed by atoms with Crippen molar-refractivity contribution in [2.45, 2.75) is 23.4 Å². The number of hydrogen-bond acceptors (Lipinski definition) is 3. The van der Waals surface area contributed by atoms with Gasteiger partial charge in [0.05, 0.1) is 22.2 Å². The van der Waals surface area contributed by atoms with Gasteiger partial charge in [-0.2, -0.15) is 0 Å². The predicted molar refractivity (Wildman–Crippen MR) is 116 cm³/mol. The number of carbonyl (C=O) groups excluding carboxylic acids is 2. The monoisotopic (exact) mass is 496 g/mol. The molecule has 0 saturated heterocycles. The highest BCUT2D eigenvalue weighted by Gasteiger charge is 2.60. The Kier molecular flexibility index (Phi) is 6.78. The van der Waals surface area contributed by atoms with Gasteiger partial charge in [-0.05, 0) is 30.2 Å². The molecule has 10 heteroatoms. The number of amides is 3. The van der Waals surface area contributed by atoms with Crippen molar-refractivity contribution < 1.29 is 14.3 Å². The first-order valence-electron chi connectivity index (χ1n) is 8.69. The average molecular weight is 499 g/mol. The van der Waals surface area contributed by atoms with Crippen LogP contribution in [0.4, 0.5) is 4.79 Å². The summed E-state index contributed by atoms with van der Waals surface area (Å²) in [5, 5.41) is 5.58. The number of benzene rings is 1. The second-order valence-corrected chi connectivity index (χ2v) is 9.67. The van der Waals surface area contributed by atoms with Crippen LogP contribution >= 0.6 is 58.0 Å². The standard InChI is InChI=1S/C19H17Cl5N2O3/c1-10-12(19(10,23)24)9-29-18(7-3-4-11(20)8-18)26-17(28)25-16(27)15-13(21)5-2-6-14(15)22/h2-7,10,12H,8-9H2,1H3,(H2,25,26,27,28). The molecule has 0 radical (unpaired) electrons. The molecule has 3 unspecified atom stereocenters. The Bertz CT molecular complexity index is 882. The minimum Gasteiger partial charge on any atom is -0.351 e. The summed E-state index contributed by atoms with van der Waals surface area (Å²) in [6, 6.07) is 3.80. The highest BCUT2D eigenvalue weighted by Crippen LogP contribution is 2.59. The second-order valence-electron chi connectivity index (χ2n) is 6.92. The van der Waals surface area contributed by atoms with Crippen LogP contribution in [0.1, 0.15) is 23.7 Å². The molecule has 0 spiro atoms. The number of nitrogens with one attached hydrogen (secondary N) is 2. The Balaban J connectivity index is 1.69. The number of hydrogen-bond donors (Lipinski definition) is 2. The van der Waals surface area contributed by atoms with Crippen molar-refractivity contribution in [1.82, 2.24) is 10.6 Å². The number of imide groups is 1. The molecule has 0 aromatic heterocycles. The van der Waals surface area contributed by atoms with E-state index in [1.165, 1.54) is 12.1 Å². The predicted octanol–water partition coefficient (Wildman–Crippen LogP) is 5.67. The SMILES string of the molecule is CC1C(COC2(NC(=O)NC(=O)c3c(Cl)cccc3Cl)C=CC=C(Cl)C2)C1(Cl)Cl. The zero-order valence-corrected chi connectivity index (χ0v) is 18.9. The molecule has 2 N–H and O–H groups in total. The van der Waals surface area contributed by atoms with Crippen molar-refractivity contribution in [2.24, 2.45) is 11.8 Å². The van der Waals surface area contributed by atoms with Gasteiger partial charge in [-0.3, -0.25) is 10.1 Å². The molecule has 2 aliphatic carbocycles. The van der Waals surface area contributed by atoms with Crippen LogP contribution in [0.2, 0.25) is 10.0 Å². The Morgan fingerprint density at radius 1 is 1.21 bits per heavy atom. The molecule has 29 heavy (non-hydrogen) atoms. The van der Waals surface area contributed by atoms with Gasteiger partial charge >= 0.3 is 6.03 Å². The van der Waals surface area contributed by atoms with Crippen molar-refractivity contribution in [3.05, 3.63) is 57.1 Å². The Hall–Kier alpha value is -0.950. The molecule has 1 fully saturated rings. The summed E-state index contributed by atoms with van der Waals surface area (Å²) in [7, 11) is 0. The third-order valence-electron chi connectivity index (χ3n) is 4.93. The number of alkyl halides is 2. The Morgan fingerprint density at radius 2 is 1.83 bits per heavy atom. The van der Waals surface area contributed by atoms with Crippen LogP contribution in [-0.4, -0.2) is 28.6 Å². The molecule has 1 aromatic carbocycles. The van der Waals surface area contributed by atoms with Gasteiger partial charge in [-0.1, -0.05) is 53.9 Å².